The van der Waals surface area contributed by atoms with Crippen LogP contribution in [0, 0.1) is 11.8 Å². The second-order valence-electron chi connectivity index (χ2n) is 26.3. The van der Waals surface area contributed by atoms with E-state index in [1.165, 1.54) is 260 Å². The van der Waals surface area contributed by atoms with Crippen molar-refractivity contribution in [1.29, 1.82) is 0 Å². The van der Waals surface area contributed by atoms with Crippen molar-refractivity contribution in [2.24, 2.45) is 11.8 Å². The highest BCUT2D eigenvalue weighted by molar-refractivity contribution is 8.27. The predicted octanol–water partition coefficient (Wildman–Crippen LogP) is 24.8. The number of fused-ring (bicyclic) bond motifs is 14. The number of aryl methyl sites for hydroxylation is 3. The highest BCUT2D eigenvalue weighted by atomic mass is 32.2. The summed E-state index contributed by atoms with van der Waals surface area (Å²) in [4.78, 5) is 37.8. The zero-order chi connectivity index (χ0) is 64.1. The number of likely N-dealkylation sites (N-methyl/N-ethyl adjacent to an activating group) is 2. The summed E-state index contributed by atoms with van der Waals surface area (Å²) in [6, 6.07) is 0. The van der Waals surface area contributed by atoms with Gasteiger partial charge in [0, 0.05) is 46.7 Å². The van der Waals surface area contributed by atoms with Crippen LogP contribution < -0.4 is 0 Å². The second kappa shape index (κ2) is 34.2. The Balaban J connectivity index is 1.25. The van der Waals surface area contributed by atoms with E-state index in [0.717, 1.165) is 91.8 Å². The fourth-order valence-corrected chi connectivity index (χ4v) is 23.1. The molecular formula is C74H105N7O2S8. The minimum Gasteiger partial charge on any atom is -0.337 e. The van der Waals surface area contributed by atoms with Crippen LogP contribution in [0.5, 0.6) is 0 Å². The van der Waals surface area contributed by atoms with Crippen LogP contribution in [0.15, 0.2) is 9.81 Å². The van der Waals surface area contributed by atoms with Gasteiger partial charge in [-0.3, -0.25) is 19.4 Å². The van der Waals surface area contributed by atoms with Crippen LogP contribution in [0.4, 0.5) is 0 Å². The van der Waals surface area contributed by atoms with E-state index in [2.05, 4.69) is 74.5 Å². The minimum absolute atomic E-state index is 0.0363. The van der Waals surface area contributed by atoms with Gasteiger partial charge in [0.25, 0.3) is 11.8 Å². The third-order valence-corrected chi connectivity index (χ3v) is 27.7. The molecule has 9 heterocycles. The van der Waals surface area contributed by atoms with E-state index in [9.17, 15) is 9.59 Å². The molecule has 2 aliphatic heterocycles. The maximum atomic E-state index is 14.1. The molecule has 0 saturated carbocycles. The quantitative estimate of drug-likeness (QED) is 0.0213. The van der Waals surface area contributed by atoms with Crippen molar-refractivity contribution in [1.82, 2.24) is 33.9 Å². The van der Waals surface area contributed by atoms with Gasteiger partial charge in [-0.1, -0.05) is 257 Å². The van der Waals surface area contributed by atoms with Crippen molar-refractivity contribution in [2.45, 2.75) is 287 Å². The van der Waals surface area contributed by atoms with Crippen molar-refractivity contribution in [3.8, 4) is 0 Å². The monoisotopic (exact) mass is 1380 g/mol. The Morgan fingerprint density at radius 1 is 0.418 bits per heavy atom. The van der Waals surface area contributed by atoms with Crippen molar-refractivity contribution in [3.05, 3.63) is 30.7 Å². The molecule has 2 saturated heterocycles. The summed E-state index contributed by atoms with van der Waals surface area (Å²) in [6.07, 6.45) is 43.5. The Morgan fingerprint density at radius 3 is 1.13 bits per heavy atom. The molecule has 1 aromatic carbocycles. The summed E-state index contributed by atoms with van der Waals surface area (Å²) in [7, 11) is 0. The van der Waals surface area contributed by atoms with Crippen LogP contribution in [0.1, 0.15) is 276 Å². The third kappa shape index (κ3) is 15.5. The van der Waals surface area contributed by atoms with Gasteiger partial charge in [0.05, 0.1) is 66.6 Å². The topological polar surface area (TPSA) is 81.2 Å². The van der Waals surface area contributed by atoms with Crippen molar-refractivity contribution < 1.29 is 9.59 Å². The lowest BCUT2D eigenvalue weighted by molar-refractivity contribution is -0.122. The van der Waals surface area contributed by atoms with Crippen LogP contribution in [0.2, 0.25) is 0 Å². The Kier molecular flexibility index (Phi) is 26.5. The second-order valence-corrected chi connectivity index (χ2v) is 33.8. The first-order chi connectivity index (χ1) is 44.5. The summed E-state index contributed by atoms with van der Waals surface area (Å²) >= 11 is 22.5. The predicted molar refractivity (Wildman–Crippen MR) is 414 cm³/mol. The molecule has 496 valence electrons. The number of benzene rings is 1. The zero-order valence-electron chi connectivity index (χ0n) is 56.7. The van der Waals surface area contributed by atoms with E-state index >= 15 is 0 Å². The van der Waals surface area contributed by atoms with Gasteiger partial charge in [-0.2, -0.15) is 15.0 Å². The molecule has 2 aliphatic rings. The number of rotatable bonds is 41. The Bertz CT molecular complexity index is 3630. The lowest BCUT2D eigenvalue weighted by Gasteiger charge is -2.20. The standard InChI is InChI=1S/C74H105N7O2S8/c1-10-19-24-27-29-31-33-35-37-42-51-53(45-55-71(82)77(17-8)73(84)88-55)86-69-63-67(90-65(51)69)57-59-60(76-81(75-59)44-39-26-21-12-3)58-62(61(57)79(63)47-49(15-6)40-22-13-4)80(48-50(16-7)41-23-14-5)64-68(58)91-66-52(43-38-36-34-32-30-28-25-20-11-2)54(87-70(64)66)46-56-72(83)78(18-9)74(85)89-56/h45-46,49-50H,10-44,47-48H2,1-9H3/b55-45+,56-46+. The number of aromatic nitrogens is 5. The number of hydrogen-bond acceptors (Lipinski definition) is 12. The molecular weight excluding hydrogens is 1280 g/mol. The first kappa shape index (κ1) is 70.6. The van der Waals surface area contributed by atoms with Crippen LogP contribution in [-0.2, 0) is 42.1 Å². The highest BCUT2D eigenvalue weighted by Crippen LogP contribution is 2.56. The fourth-order valence-electron chi connectivity index (χ4n) is 14.3. The lowest BCUT2D eigenvalue weighted by atomic mass is 9.99. The van der Waals surface area contributed by atoms with Crippen molar-refractivity contribution in [2.75, 3.05) is 13.1 Å². The van der Waals surface area contributed by atoms with Crippen molar-refractivity contribution in [3.63, 3.8) is 0 Å². The first-order valence-electron chi connectivity index (χ1n) is 36.2. The van der Waals surface area contributed by atoms with Crippen LogP contribution >= 0.6 is 93.3 Å². The van der Waals surface area contributed by atoms with Gasteiger partial charge in [0.2, 0.25) is 0 Å². The van der Waals surface area contributed by atoms with Crippen molar-refractivity contribution >= 4 is 198 Å². The molecule has 9 nitrogen and oxygen atoms in total. The van der Waals surface area contributed by atoms with Gasteiger partial charge in [-0.25, -0.2) is 0 Å². The number of thiocarbonyl (C=S) groups is 2. The fraction of sp³-hybridized carbons (Fsp3) is 0.649. The van der Waals surface area contributed by atoms with E-state index in [1.807, 2.05) is 59.2 Å². The van der Waals surface area contributed by atoms with E-state index in [4.69, 9.17) is 34.6 Å². The van der Waals surface area contributed by atoms with Crippen LogP contribution in [0.25, 0.3) is 84.2 Å². The average Bonchev–Trinajstić information content (AvgIpc) is 1.51. The molecule has 0 aliphatic carbocycles. The largest absolute Gasteiger partial charge is 0.337 e. The molecule has 10 rings (SSSR count). The number of amides is 2. The van der Waals surface area contributed by atoms with E-state index in [1.54, 1.807) is 9.80 Å². The number of thioether (sulfide) groups is 2. The SMILES string of the molecule is CCCCCCCCCCCc1c(/C=C2/SC(=S)N(CC)C2=O)sc2c1sc1c3c4nn(CCCCCC)nc4c4c5sc6c(CCCCCCCCCCC)c(/C=C7/SC(=S)N(CC)C7=O)sc6c5n(CC(CC)CCCC)c4c3n(CC(CC)CCCC)c21. The van der Waals surface area contributed by atoms with Crippen LogP contribution in [0.3, 0.4) is 0 Å². The number of thiophene rings is 4. The van der Waals surface area contributed by atoms with Gasteiger partial charge in [0.15, 0.2) is 0 Å². The molecule has 2 atom stereocenters. The van der Waals surface area contributed by atoms with E-state index in [-0.39, 0.29) is 11.8 Å². The molecule has 0 bridgehead atoms. The Hall–Kier alpha value is -3.16. The molecule has 0 spiro atoms. The molecule has 0 radical (unpaired) electrons. The number of unbranched alkanes of at least 4 members (excludes halogenated alkanes) is 21. The molecule has 17 heteroatoms. The molecule has 91 heavy (non-hydrogen) atoms. The Labute approximate surface area is 579 Å². The van der Waals surface area contributed by atoms with Gasteiger partial charge in [-0.15, -0.1) is 45.3 Å². The van der Waals surface area contributed by atoms with Crippen LogP contribution in [-0.4, -0.2) is 67.5 Å². The summed E-state index contributed by atoms with van der Waals surface area (Å²) in [5, 5.41) is 14.0. The molecule has 8 aromatic rings. The maximum absolute atomic E-state index is 14.1. The summed E-state index contributed by atoms with van der Waals surface area (Å²) in [6.45, 7) is 24.3. The molecule has 2 fully saturated rings. The highest BCUT2D eigenvalue weighted by Gasteiger charge is 2.36. The zero-order valence-corrected chi connectivity index (χ0v) is 63.2. The summed E-state index contributed by atoms with van der Waals surface area (Å²) < 4.78 is 15.1. The average molecular weight is 1380 g/mol. The van der Waals surface area contributed by atoms with E-state index < -0.39 is 0 Å². The van der Waals surface area contributed by atoms with Gasteiger partial charge in [-0.05, 0) is 93.9 Å². The Morgan fingerprint density at radius 2 is 0.780 bits per heavy atom. The van der Waals surface area contributed by atoms with E-state index in [0.29, 0.717) is 33.6 Å². The summed E-state index contributed by atoms with van der Waals surface area (Å²) in [5.74, 6) is 1.04. The van der Waals surface area contributed by atoms with Gasteiger partial charge >= 0.3 is 0 Å². The third-order valence-electron chi connectivity index (χ3n) is 19.8. The smallest absolute Gasteiger partial charge is 0.266 e. The molecule has 0 N–H and O–H groups in total. The number of hydrogen-bond donors (Lipinski definition) is 0. The number of carbonyl (C=O) groups excluding carboxylic acids is 2. The summed E-state index contributed by atoms with van der Waals surface area (Å²) in [5.41, 5.74) is 10.2. The normalized spacial score (nSPS) is 16.0. The lowest BCUT2D eigenvalue weighted by Crippen LogP contribution is -2.27. The molecule has 2 unspecified atom stereocenters. The first-order valence-corrected chi connectivity index (χ1v) is 41.9. The maximum Gasteiger partial charge on any atom is 0.266 e. The van der Waals surface area contributed by atoms with Gasteiger partial charge < -0.3 is 9.13 Å². The molecule has 2 amide bonds. The van der Waals surface area contributed by atoms with Gasteiger partial charge in [0.1, 0.15) is 19.7 Å². The number of nitrogens with zero attached hydrogens (tertiary/aromatic N) is 7. The minimum atomic E-state index is 0.0363. The molecule has 7 aromatic heterocycles. The number of carbonyl (C=O) groups is 2.